The molecule has 2 atom stereocenters. The molecule has 1 saturated heterocycles. The molecule has 4 rings (SSSR count). The van der Waals surface area contributed by atoms with Gasteiger partial charge in [-0.15, -0.1) is 11.3 Å². The van der Waals surface area contributed by atoms with E-state index in [9.17, 15) is 4.79 Å². The maximum Gasteiger partial charge on any atom is 0.319 e. The van der Waals surface area contributed by atoms with Crippen LogP contribution in [-0.4, -0.2) is 33.2 Å². The number of hydrogen-bond acceptors (Lipinski definition) is 5. The lowest BCUT2D eigenvalue weighted by Gasteiger charge is -2.32. The van der Waals surface area contributed by atoms with Crippen molar-refractivity contribution < 1.29 is 9.53 Å². The van der Waals surface area contributed by atoms with E-state index in [0.717, 1.165) is 41.1 Å². The zero-order valence-electron chi connectivity index (χ0n) is 14.5. The number of anilines is 1. The average Bonchev–Trinajstić information content (AvgIpc) is 3.30. The lowest BCUT2D eigenvalue weighted by atomic mass is 10.0. The van der Waals surface area contributed by atoms with Gasteiger partial charge >= 0.3 is 6.03 Å². The Bertz CT molecular complexity index is 906. The Hall–Kier alpha value is -2.45. The quantitative estimate of drug-likeness (QED) is 0.735. The number of carbonyl (C=O) groups excluding carboxylic acids is 1. The van der Waals surface area contributed by atoms with Crippen LogP contribution in [0, 0.1) is 0 Å². The number of nitrogens with one attached hydrogen (secondary N) is 2. The van der Waals surface area contributed by atoms with Crippen molar-refractivity contribution in [3.63, 3.8) is 0 Å². The number of hydrogen-bond donors (Lipinski definition) is 2. The van der Waals surface area contributed by atoms with Gasteiger partial charge in [-0.2, -0.15) is 0 Å². The highest BCUT2D eigenvalue weighted by molar-refractivity contribution is 7.16. The largest absolute Gasteiger partial charge is 0.368 e. The Kier molecular flexibility index (Phi) is 4.85. The molecule has 136 valence electrons. The summed E-state index contributed by atoms with van der Waals surface area (Å²) in [5.74, 6) is 0.864. The molecule has 2 aromatic heterocycles. The summed E-state index contributed by atoms with van der Waals surface area (Å²) in [6.45, 7) is 3.57. The molecule has 3 aromatic rings. The van der Waals surface area contributed by atoms with E-state index in [-0.39, 0.29) is 18.2 Å². The van der Waals surface area contributed by atoms with Crippen LogP contribution in [0.5, 0.6) is 0 Å². The van der Waals surface area contributed by atoms with E-state index in [1.54, 1.807) is 23.0 Å². The van der Waals surface area contributed by atoms with Gasteiger partial charge in [0.25, 0.3) is 0 Å². The number of urea groups is 1. The van der Waals surface area contributed by atoms with Gasteiger partial charge in [0.2, 0.25) is 0 Å². The zero-order valence-corrected chi connectivity index (χ0v) is 15.3. The first-order chi connectivity index (χ1) is 12.7. The van der Waals surface area contributed by atoms with Crippen LogP contribution in [0.3, 0.4) is 0 Å². The summed E-state index contributed by atoms with van der Waals surface area (Å²) in [7, 11) is 0. The third-order valence-electron chi connectivity index (χ3n) is 4.57. The standard InChI is InChI=1S/C18H21N5O2S/c1-2-23-8-7-19-17(23)16-14(4-3-9-25-16)22-18(24)21-12-5-6-13-15(10-12)26-11-20-13/h5-8,10-11,14,16H,2-4,9H2,1H3,(H2,21,22,24)/t14-,16-/m0/s1. The van der Waals surface area contributed by atoms with Gasteiger partial charge < -0.3 is 19.9 Å². The normalized spacial score (nSPS) is 20.2. The zero-order chi connectivity index (χ0) is 17.9. The van der Waals surface area contributed by atoms with Crippen LogP contribution >= 0.6 is 11.3 Å². The van der Waals surface area contributed by atoms with E-state index < -0.39 is 0 Å². The lowest BCUT2D eigenvalue weighted by molar-refractivity contribution is -0.0140. The molecule has 0 radical (unpaired) electrons. The number of nitrogens with zero attached hydrogens (tertiary/aromatic N) is 3. The Morgan fingerprint density at radius 2 is 2.35 bits per heavy atom. The second-order valence-electron chi connectivity index (χ2n) is 6.24. The van der Waals surface area contributed by atoms with E-state index in [4.69, 9.17) is 4.74 Å². The molecule has 1 fully saturated rings. The summed E-state index contributed by atoms with van der Waals surface area (Å²) < 4.78 is 9.05. The fourth-order valence-corrected chi connectivity index (χ4v) is 4.01. The summed E-state index contributed by atoms with van der Waals surface area (Å²) in [6.07, 6.45) is 5.27. The Labute approximate surface area is 155 Å². The van der Waals surface area contributed by atoms with Crippen LogP contribution in [-0.2, 0) is 11.3 Å². The van der Waals surface area contributed by atoms with Crippen molar-refractivity contribution in [3.05, 3.63) is 41.9 Å². The smallest absolute Gasteiger partial charge is 0.319 e. The lowest BCUT2D eigenvalue weighted by Crippen LogP contribution is -2.45. The molecule has 0 aliphatic carbocycles. The van der Waals surface area contributed by atoms with Crippen molar-refractivity contribution in [1.29, 1.82) is 0 Å². The molecule has 0 saturated carbocycles. The first-order valence-corrected chi connectivity index (χ1v) is 9.66. The molecule has 2 N–H and O–H groups in total. The number of benzene rings is 1. The van der Waals surface area contributed by atoms with Crippen molar-refractivity contribution in [2.75, 3.05) is 11.9 Å². The third kappa shape index (κ3) is 3.42. The van der Waals surface area contributed by atoms with Crippen LogP contribution in [0.1, 0.15) is 31.7 Å². The molecular formula is C18H21N5O2S. The summed E-state index contributed by atoms with van der Waals surface area (Å²) in [5.41, 5.74) is 3.49. The van der Waals surface area contributed by atoms with Gasteiger partial charge in [-0.3, -0.25) is 0 Å². The van der Waals surface area contributed by atoms with Crippen molar-refractivity contribution >= 4 is 33.3 Å². The van der Waals surface area contributed by atoms with Gasteiger partial charge in [0.05, 0.1) is 21.8 Å². The molecule has 1 aliphatic rings. The number of imidazole rings is 1. The molecule has 1 aromatic carbocycles. The summed E-state index contributed by atoms with van der Waals surface area (Å²) in [6, 6.07) is 5.37. The molecule has 8 heteroatoms. The molecular weight excluding hydrogens is 350 g/mol. The summed E-state index contributed by atoms with van der Waals surface area (Å²) in [4.78, 5) is 21.2. The highest BCUT2D eigenvalue weighted by Crippen LogP contribution is 2.28. The number of amides is 2. The Balaban J connectivity index is 1.46. The number of rotatable bonds is 4. The topological polar surface area (TPSA) is 81.1 Å². The minimum absolute atomic E-state index is 0.108. The van der Waals surface area contributed by atoms with Crippen molar-refractivity contribution in [2.45, 2.75) is 38.5 Å². The van der Waals surface area contributed by atoms with Crippen LogP contribution in [0.15, 0.2) is 36.1 Å². The minimum atomic E-state index is -0.232. The van der Waals surface area contributed by atoms with Gasteiger partial charge in [0.1, 0.15) is 11.9 Å². The van der Waals surface area contributed by atoms with Gasteiger partial charge in [0, 0.05) is 31.2 Å². The molecule has 0 bridgehead atoms. The second kappa shape index (κ2) is 7.43. The molecule has 7 nitrogen and oxygen atoms in total. The number of aryl methyl sites for hydroxylation is 1. The van der Waals surface area contributed by atoms with Gasteiger partial charge in [-0.1, -0.05) is 0 Å². The van der Waals surface area contributed by atoms with Gasteiger partial charge in [0.15, 0.2) is 0 Å². The van der Waals surface area contributed by atoms with E-state index >= 15 is 0 Å². The molecule has 1 aliphatic heterocycles. The Morgan fingerprint density at radius 3 is 3.23 bits per heavy atom. The predicted octanol–water partition coefficient (Wildman–Crippen LogP) is 3.55. The Morgan fingerprint density at radius 1 is 1.42 bits per heavy atom. The highest BCUT2D eigenvalue weighted by Gasteiger charge is 2.31. The van der Waals surface area contributed by atoms with Crippen LogP contribution in [0.4, 0.5) is 10.5 Å². The van der Waals surface area contributed by atoms with Gasteiger partial charge in [-0.05, 0) is 38.0 Å². The molecule has 3 heterocycles. The van der Waals surface area contributed by atoms with Crippen molar-refractivity contribution in [2.24, 2.45) is 0 Å². The number of aromatic nitrogens is 3. The fourth-order valence-electron chi connectivity index (χ4n) is 3.30. The van der Waals surface area contributed by atoms with Crippen molar-refractivity contribution in [1.82, 2.24) is 19.9 Å². The molecule has 0 spiro atoms. The van der Waals surface area contributed by atoms with Crippen LogP contribution in [0.2, 0.25) is 0 Å². The first kappa shape index (κ1) is 17.0. The fraction of sp³-hybridized carbons (Fsp3) is 0.389. The van der Waals surface area contributed by atoms with E-state index in [0.29, 0.717) is 6.61 Å². The first-order valence-electron chi connectivity index (χ1n) is 8.78. The van der Waals surface area contributed by atoms with Crippen molar-refractivity contribution in [3.8, 4) is 0 Å². The SMILES string of the molecule is CCn1ccnc1[C@H]1OCCC[C@@H]1NC(=O)Nc1ccc2ncsc2c1. The highest BCUT2D eigenvalue weighted by atomic mass is 32.1. The maximum absolute atomic E-state index is 12.5. The maximum atomic E-state index is 12.5. The summed E-state index contributed by atoms with van der Waals surface area (Å²) in [5, 5.41) is 5.97. The number of thiazole rings is 1. The van der Waals surface area contributed by atoms with E-state index in [1.165, 1.54) is 0 Å². The molecule has 2 amide bonds. The number of carbonyl (C=O) groups is 1. The van der Waals surface area contributed by atoms with Crippen LogP contribution in [0.25, 0.3) is 10.2 Å². The third-order valence-corrected chi connectivity index (χ3v) is 5.36. The van der Waals surface area contributed by atoms with E-state index in [1.807, 2.05) is 24.4 Å². The predicted molar refractivity (Wildman–Crippen MR) is 101 cm³/mol. The van der Waals surface area contributed by atoms with Crippen LogP contribution < -0.4 is 10.6 Å². The minimum Gasteiger partial charge on any atom is -0.368 e. The van der Waals surface area contributed by atoms with E-state index in [2.05, 4.69) is 32.1 Å². The second-order valence-corrected chi connectivity index (χ2v) is 7.13. The summed E-state index contributed by atoms with van der Waals surface area (Å²) >= 11 is 1.55. The number of ether oxygens (including phenoxy) is 1. The average molecular weight is 371 g/mol. The van der Waals surface area contributed by atoms with Gasteiger partial charge in [-0.25, -0.2) is 14.8 Å². The monoisotopic (exact) mass is 371 g/mol. The number of fused-ring (bicyclic) bond motifs is 1. The molecule has 0 unspecified atom stereocenters. The molecule has 26 heavy (non-hydrogen) atoms.